The predicted molar refractivity (Wildman–Crippen MR) is 99.8 cm³/mol. The zero-order chi connectivity index (χ0) is 18.5. The van der Waals surface area contributed by atoms with Crippen LogP contribution in [0.3, 0.4) is 0 Å². The topological polar surface area (TPSA) is 87.0 Å². The van der Waals surface area contributed by atoms with E-state index in [0.717, 1.165) is 11.2 Å². The highest BCUT2D eigenvalue weighted by molar-refractivity contribution is 6.28. The minimum atomic E-state index is 0.134. The van der Waals surface area contributed by atoms with Gasteiger partial charge in [-0.05, 0) is 37.6 Å². The molecule has 0 aromatic carbocycles. The molecule has 138 valence electrons. The van der Waals surface area contributed by atoms with E-state index in [-0.39, 0.29) is 5.28 Å². The van der Waals surface area contributed by atoms with Crippen molar-refractivity contribution < 1.29 is 9.47 Å². The fourth-order valence-corrected chi connectivity index (χ4v) is 2.80. The Bertz CT molecular complexity index is 898. The molecule has 3 aromatic rings. The van der Waals surface area contributed by atoms with Crippen LogP contribution in [0, 0.1) is 6.92 Å². The average Bonchev–Trinajstić information content (AvgIpc) is 2.93. The number of aryl methyl sites for hydroxylation is 1. The van der Waals surface area contributed by atoms with Crippen LogP contribution in [0.25, 0.3) is 11.0 Å². The lowest BCUT2D eigenvalue weighted by Crippen LogP contribution is -2.09. The van der Waals surface area contributed by atoms with Crippen molar-refractivity contribution in [2.45, 2.75) is 27.0 Å². The van der Waals surface area contributed by atoms with Crippen LogP contribution in [0.5, 0.6) is 0 Å². The Morgan fingerprint density at radius 2 is 2.08 bits per heavy atom. The van der Waals surface area contributed by atoms with Gasteiger partial charge in [0.1, 0.15) is 22.5 Å². The Morgan fingerprint density at radius 3 is 2.81 bits per heavy atom. The van der Waals surface area contributed by atoms with Crippen LogP contribution >= 0.6 is 11.6 Å². The van der Waals surface area contributed by atoms with Crippen molar-refractivity contribution in [2.24, 2.45) is 0 Å². The normalized spacial score (nSPS) is 11.2. The van der Waals surface area contributed by atoms with Crippen LogP contribution < -0.4 is 5.32 Å². The van der Waals surface area contributed by atoms with E-state index in [4.69, 9.17) is 21.1 Å². The maximum absolute atomic E-state index is 6.14. The highest BCUT2D eigenvalue weighted by atomic mass is 35.5. The van der Waals surface area contributed by atoms with Gasteiger partial charge in [-0.25, -0.2) is 9.97 Å². The summed E-state index contributed by atoms with van der Waals surface area (Å²) in [5, 5.41) is 7.96. The van der Waals surface area contributed by atoms with Gasteiger partial charge in [0.2, 0.25) is 5.28 Å². The standard InChI is InChI=1S/C17H21ClN6O2/c1-4-26-9-8-24-15-14(12(23-24)10-25-3)21-17(18)22-16(15)20-13-7-5-6-11(2)19-13/h5-7H,4,8-10H2,1-3H3,(H,19,20,21,22). The lowest BCUT2D eigenvalue weighted by atomic mass is 10.3. The van der Waals surface area contributed by atoms with Crippen molar-refractivity contribution in [3.63, 3.8) is 0 Å². The highest BCUT2D eigenvalue weighted by Gasteiger charge is 2.18. The second kappa shape index (κ2) is 8.39. The molecule has 0 aliphatic rings. The van der Waals surface area contributed by atoms with Crippen LogP contribution in [0.2, 0.25) is 5.28 Å². The average molecular weight is 377 g/mol. The molecule has 0 atom stereocenters. The molecule has 9 heteroatoms. The summed E-state index contributed by atoms with van der Waals surface area (Å²) in [7, 11) is 1.61. The number of pyridine rings is 1. The highest BCUT2D eigenvalue weighted by Crippen LogP contribution is 2.27. The number of methoxy groups -OCH3 is 1. The number of nitrogens with one attached hydrogen (secondary N) is 1. The zero-order valence-electron chi connectivity index (χ0n) is 15.0. The van der Waals surface area contributed by atoms with Crippen LogP contribution in [0.1, 0.15) is 18.3 Å². The molecule has 3 heterocycles. The lowest BCUT2D eigenvalue weighted by molar-refractivity contribution is 0.136. The summed E-state index contributed by atoms with van der Waals surface area (Å²) in [5.74, 6) is 1.22. The molecule has 0 aliphatic heterocycles. The van der Waals surface area contributed by atoms with E-state index < -0.39 is 0 Å². The SMILES string of the molecule is CCOCCn1nc(COC)c2nc(Cl)nc(Nc3cccc(C)n3)c21. The summed E-state index contributed by atoms with van der Waals surface area (Å²) in [6.45, 7) is 5.95. The summed E-state index contributed by atoms with van der Waals surface area (Å²) in [6, 6.07) is 5.72. The van der Waals surface area contributed by atoms with E-state index >= 15 is 0 Å². The first-order valence-electron chi connectivity index (χ1n) is 8.32. The largest absolute Gasteiger partial charge is 0.380 e. The molecule has 0 radical (unpaired) electrons. The molecule has 3 rings (SSSR count). The molecule has 0 amide bonds. The van der Waals surface area contributed by atoms with Crippen LogP contribution in [-0.2, 0) is 22.6 Å². The molecule has 0 bridgehead atoms. The molecule has 0 saturated carbocycles. The maximum atomic E-state index is 6.14. The van der Waals surface area contributed by atoms with Gasteiger partial charge in [0, 0.05) is 19.4 Å². The summed E-state index contributed by atoms with van der Waals surface area (Å²) in [6.07, 6.45) is 0. The molecule has 3 aromatic heterocycles. The number of fused-ring (bicyclic) bond motifs is 1. The van der Waals surface area contributed by atoms with Crippen LogP contribution in [0.15, 0.2) is 18.2 Å². The minimum absolute atomic E-state index is 0.134. The third kappa shape index (κ3) is 4.09. The third-order valence-corrected chi connectivity index (χ3v) is 3.87. The van der Waals surface area contributed by atoms with Gasteiger partial charge in [-0.15, -0.1) is 0 Å². The third-order valence-electron chi connectivity index (χ3n) is 3.70. The second-order valence-corrected chi connectivity index (χ2v) is 5.97. The minimum Gasteiger partial charge on any atom is -0.380 e. The van der Waals surface area contributed by atoms with Gasteiger partial charge >= 0.3 is 0 Å². The number of ether oxygens (including phenoxy) is 2. The fourth-order valence-electron chi connectivity index (χ4n) is 2.63. The van der Waals surface area contributed by atoms with E-state index in [9.17, 15) is 0 Å². The van der Waals surface area contributed by atoms with E-state index in [2.05, 4.69) is 25.4 Å². The first kappa shape index (κ1) is 18.5. The van der Waals surface area contributed by atoms with E-state index in [0.29, 0.717) is 49.2 Å². The van der Waals surface area contributed by atoms with Crippen molar-refractivity contribution in [2.75, 3.05) is 25.6 Å². The molecule has 0 unspecified atom stereocenters. The second-order valence-electron chi connectivity index (χ2n) is 5.63. The first-order valence-corrected chi connectivity index (χ1v) is 8.70. The molecule has 0 spiro atoms. The number of hydrogen-bond acceptors (Lipinski definition) is 7. The van der Waals surface area contributed by atoms with E-state index in [1.807, 2.05) is 36.7 Å². The van der Waals surface area contributed by atoms with Crippen molar-refractivity contribution >= 4 is 34.3 Å². The van der Waals surface area contributed by atoms with Gasteiger partial charge in [0.25, 0.3) is 0 Å². The first-order chi connectivity index (χ1) is 12.6. The van der Waals surface area contributed by atoms with Crippen LogP contribution in [0.4, 0.5) is 11.6 Å². The number of anilines is 2. The van der Waals surface area contributed by atoms with Gasteiger partial charge < -0.3 is 14.8 Å². The van der Waals surface area contributed by atoms with E-state index in [1.54, 1.807) is 7.11 Å². The van der Waals surface area contributed by atoms with Crippen molar-refractivity contribution in [1.29, 1.82) is 0 Å². The number of rotatable bonds is 8. The summed E-state index contributed by atoms with van der Waals surface area (Å²) < 4.78 is 12.5. The molecule has 8 nitrogen and oxygen atoms in total. The summed E-state index contributed by atoms with van der Waals surface area (Å²) >= 11 is 6.14. The van der Waals surface area contributed by atoms with Crippen molar-refractivity contribution in [3.8, 4) is 0 Å². The molecular formula is C17H21ClN6O2. The molecule has 0 fully saturated rings. The Labute approximate surface area is 156 Å². The molecular weight excluding hydrogens is 356 g/mol. The lowest BCUT2D eigenvalue weighted by Gasteiger charge is -2.10. The monoisotopic (exact) mass is 376 g/mol. The Balaban J connectivity index is 2.07. The zero-order valence-corrected chi connectivity index (χ0v) is 15.7. The summed E-state index contributed by atoms with van der Waals surface area (Å²) in [4.78, 5) is 13.2. The maximum Gasteiger partial charge on any atom is 0.225 e. The fraction of sp³-hybridized carbons (Fsp3) is 0.412. The van der Waals surface area contributed by atoms with Gasteiger partial charge in [-0.2, -0.15) is 10.1 Å². The van der Waals surface area contributed by atoms with Crippen LogP contribution in [-0.4, -0.2) is 45.1 Å². The van der Waals surface area contributed by atoms with Gasteiger partial charge in [0.05, 0.1) is 19.8 Å². The number of hydrogen-bond donors (Lipinski definition) is 1. The van der Waals surface area contributed by atoms with E-state index in [1.165, 1.54) is 0 Å². The predicted octanol–water partition coefficient (Wildman–Crippen LogP) is 3.11. The van der Waals surface area contributed by atoms with Gasteiger partial charge in [-0.1, -0.05) is 6.07 Å². The molecule has 26 heavy (non-hydrogen) atoms. The van der Waals surface area contributed by atoms with Gasteiger partial charge in [-0.3, -0.25) is 4.68 Å². The number of nitrogens with zero attached hydrogens (tertiary/aromatic N) is 5. The Kier molecular flexibility index (Phi) is 5.97. The number of aromatic nitrogens is 5. The van der Waals surface area contributed by atoms with Crippen molar-refractivity contribution in [3.05, 3.63) is 34.9 Å². The smallest absolute Gasteiger partial charge is 0.225 e. The Morgan fingerprint density at radius 1 is 1.23 bits per heavy atom. The molecule has 0 saturated heterocycles. The summed E-state index contributed by atoms with van der Waals surface area (Å²) in [5.41, 5.74) is 2.99. The molecule has 0 aliphatic carbocycles. The van der Waals surface area contributed by atoms with Gasteiger partial charge in [0.15, 0.2) is 5.82 Å². The quantitative estimate of drug-likeness (QED) is 0.477. The number of halogens is 1. The molecule has 1 N–H and O–H groups in total. The van der Waals surface area contributed by atoms with Crippen molar-refractivity contribution in [1.82, 2.24) is 24.7 Å². The Hall–Kier alpha value is -2.29.